The molecule has 0 unspecified atom stereocenters. The summed E-state index contributed by atoms with van der Waals surface area (Å²) in [5, 5.41) is 4.05. The molecule has 0 aliphatic carbocycles. The summed E-state index contributed by atoms with van der Waals surface area (Å²) in [5.74, 6) is 0. The first-order chi connectivity index (χ1) is 4.81. The summed E-state index contributed by atoms with van der Waals surface area (Å²) in [6, 6.07) is 0. The Morgan fingerprint density at radius 2 is 2.30 bits per heavy atom. The third-order valence-electron chi connectivity index (χ3n) is 0.985. The molecular weight excluding hydrogens is 128 g/mol. The maximum atomic E-state index is 4.86. The van der Waals surface area contributed by atoms with E-state index in [1.54, 1.807) is 7.11 Å². The maximum absolute atomic E-state index is 4.86. The lowest BCUT2D eigenvalue weighted by molar-refractivity contribution is 0.244. The monoisotopic (exact) mass is 144 g/mol. The summed E-state index contributed by atoms with van der Waals surface area (Å²) in [4.78, 5) is 0. The van der Waals surface area contributed by atoms with Crippen molar-refractivity contribution in [3.05, 3.63) is 0 Å². The van der Waals surface area contributed by atoms with E-state index >= 15 is 0 Å². The van der Waals surface area contributed by atoms with Crippen molar-refractivity contribution in [1.82, 2.24) is 5.43 Å². The van der Waals surface area contributed by atoms with Gasteiger partial charge in [0.25, 0.3) is 0 Å². The third kappa shape index (κ3) is 5.56. The fourth-order valence-electron chi connectivity index (χ4n) is 0.544. The molecule has 0 heterocycles. The molecule has 0 rings (SSSR count). The zero-order chi connectivity index (χ0) is 7.82. The number of hydrazone groups is 1. The van der Waals surface area contributed by atoms with E-state index in [0.717, 1.165) is 18.7 Å². The Morgan fingerprint density at radius 3 is 2.80 bits per heavy atom. The molecule has 60 valence electrons. The van der Waals surface area contributed by atoms with E-state index in [9.17, 15) is 0 Å². The highest BCUT2D eigenvalue weighted by Crippen LogP contribution is 1.76. The van der Waals surface area contributed by atoms with Crippen molar-refractivity contribution >= 4 is 5.71 Å². The first-order valence-corrected chi connectivity index (χ1v) is 3.56. The average Bonchev–Trinajstić information content (AvgIpc) is 1.89. The molecule has 1 N–H and O–H groups in total. The van der Waals surface area contributed by atoms with Crippen LogP contribution in [-0.4, -0.2) is 26.0 Å². The van der Waals surface area contributed by atoms with Gasteiger partial charge in [-0.25, -0.2) is 0 Å². The van der Waals surface area contributed by atoms with E-state index in [4.69, 9.17) is 4.74 Å². The highest BCUT2D eigenvalue weighted by atomic mass is 16.5. The Labute approximate surface area is 62.5 Å². The molecule has 0 saturated carbocycles. The summed E-state index contributed by atoms with van der Waals surface area (Å²) >= 11 is 0. The Bertz CT molecular complexity index is 102. The largest absolute Gasteiger partial charge is 0.379 e. The minimum Gasteiger partial charge on any atom is -0.379 e. The summed E-state index contributed by atoms with van der Waals surface area (Å²) in [5.41, 5.74) is 3.91. The van der Waals surface area contributed by atoms with Gasteiger partial charge in [-0.1, -0.05) is 6.92 Å². The predicted molar refractivity (Wildman–Crippen MR) is 43.3 cm³/mol. The molecule has 0 bridgehead atoms. The fraction of sp³-hybridized carbons (Fsp3) is 0.857. The Balaban J connectivity index is 3.28. The number of ether oxygens (including phenoxy) is 1. The van der Waals surface area contributed by atoms with Gasteiger partial charge in [0.2, 0.25) is 0 Å². The topological polar surface area (TPSA) is 33.6 Å². The van der Waals surface area contributed by atoms with Crippen molar-refractivity contribution in [2.24, 2.45) is 5.10 Å². The average molecular weight is 144 g/mol. The van der Waals surface area contributed by atoms with Gasteiger partial charge in [0.05, 0.1) is 12.3 Å². The van der Waals surface area contributed by atoms with Gasteiger partial charge < -0.3 is 10.2 Å². The van der Waals surface area contributed by atoms with Gasteiger partial charge in [0.15, 0.2) is 0 Å². The van der Waals surface area contributed by atoms with Crippen molar-refractivity contribution < 1.29 is 4.74 Å². The second kappa shape index (κ2) is 6.55. The molecule has 0 aromatic heterocycles. The molecule has 0 fully saturated rings. The zero-order valence-corrected chi connectivity index (χ0v) is 6.98. The smallest absolute Gasteiger partial charge is 0.0859 e. The molecule has 0 aromatic carbocycles. The molecule has 0 aliphatic heterocycles. The van der Waals surface area contributed by atoms with Gasteiger partial charge in [-0.15, -0.1) is 0 Å². The van der Waals surface area contributed by atoms with Crippen molar-refractivity contribution in [3.63, 3.8) is 0 Å². The Hall–Kier alpha value is -0.570. The van der Waals surface area contributed by atoms with E-state index < -0.39 is 0 Å². The van der Waals surface area contributed by atoms with Gasteiger partial charge in [0, 0.05) is 13.7 Å². The number of methoxy groups -OCH3 is 1. The standard InChI is InChI=1S/C7H16N2O/c1-4-5-8-9-7(2)6-10-3/h8H,4-6H2,1-3H3/b9-7+. The molecule has 0 saturated heterocycles. The normalized spacial score (nSPS) is 11.7. The first-order valence-electron chi connectivity index (χ1n) is 3.56. The van der Waals surface area contributed by atoms with Gasteiger partial charge in [-0.05, 0) is 13.3 Å². The molecule has 0 atom stereocenters. The van der Waals surface area contributed by atoms with Crippen molar-refractivity contribution in [2.45, 2.75) is 20.3 Å². The van der Waals surface area contributed by atoms with Crippen molar-refractivity contribution in [3.8, 4) is 0 Å². The van der Waals surface area contributed by atoms with E-state index in [1.807, 2.05) is 6.92 Å². The first kappa shape index (κ1) is 9.43. The van der Waals surface area contributed by atoms with Crippen LogP contribution >= 0.6 is 0 Å². The minimum atomic E-state index is 0.608. The molecule has 0 amide bonds. The quantitative estimate of drug-likeness (QED) is 0.355. The molecule has 0 aromatic rings. The third-order valence-corrected chi connectivity index (χ3v) is 0.985. The highest BCUT2D eigenvalue weighted by molar-refractivity contribution is 5.82. The number of rotatable bonds is 5. The van der Waals surface area contributed by atoms with Crippen LogP contribution in [0.5, 0.6) is 0 Å². The van der Waals surface area contributed by atoms with Gasteiger partial charge in [-0.3, -0.25) is 0 Å². The molecule has 3 nitrogen and oxygen atoms in total. The summed E-state index contributed by atoms with van der Waals surface area (Å²) in [6.07, 6.45) is 1.10. The van der Waals surface area contributed by atoms with Gasteiger partial charge in [0.1, 0.15) is 0 Å². The lowest BCUT2D eigenvalue weighted by Gasteiger charge is -1.99. The van der Waals surface area contributed by atoms with E-state index in [1.165, 1.54) is 0 Å². The molecular formula is C7H16N2O. The summed E-state index contributed by atoms with van der Waals surface area (Å²) in [6.45, 7) is 5.58. The SMILES string of the molecule is CCCN/N=C(\C)COC. The van der Waals surface area contributed by atoms with Crippen LogP contribution in [0, 0.1) is 0 Å². The van der Waals surface area contributed by atoms with E-state index in [0.29, 0.717) is 6.61 Å². The molecule has 0 radical (unpaired) electrons. The Kier molecular flexibility index (Phi) is 6.18. The van der Waals surface area contributed by atoms with Crippen molar-refractivity contribution in [1.29, 1.82) is 0 Å². The number of nitrogens with zero attached hydrogens (tertiary/aromatic N) is 1. The van der Waals surface area contributed by atoms with Crippen LogP contribution in [0.2, 0.25) is 0 Å². The van der Waals surface area contributed by atoms with Gasteiger partial charge in [-0.2, -0.15) is 5.10 Å². The van der Waals surface area contributed by atoms with Crippen molar-refractivity contribution in [2.75, 3.05) is 20.3 Å². The van der Waals surface area contributed by atoms with Crippen LogP contribution in [0.25, 0.3) is 0 Å². The van der Waals surface area contributed by atoms with Crippen LogP contribution in [0.4, 0.5) is 0 Å². The van der Waals surface area contributed by atoms with Crippen LogP contribution in [-0.2, 0) is 4.74 Å². The lowest BCUT2D eigenvalue weighted by Crippen LogP contribution is -2.12. The highest BCUT2D eigenvalue weighted by Gasteiger charge is 1.86. The Morgan fingerprint density at radius 1 is 1.60 bits per heavy atom. The maximum Gasteiger partial charge on any atom is 0.0859 e. The molecule has 3 heteroatoms. The molecule has 10 heavy (non-hydrogen) atoms. The fourth-order valence-corrected chi connectivity index (χ4v) is 0.544. The minimum absolute atomic E-state index is 0.608. The summed E-state index contributed by atoms with van der Waals surface area (Å²) < 4.78 is 4.86. The van der Waals surface area contributed by atoms with Crippen LogP contribution < -0.4 is 5.43 Å². The second-order valence-corrected chi connectivity index (χ2v) is 2.19. The van der Waals surface area contributed by atoms with Crippen LogP contribution in [0.15, 0.2) is 5.10 Å². The predicted octanol–water partition coefficient (Wildman–Crippen LogP) is 1.01. The van der Waals surface area contributed by atoms with Crippen LogP contribution in [0.1, 0.15) is 20.3 Å². The zero-order valence-electron chi connectivity index (χ0n) is 6.98. The number of nitrogens with one attached hydrogen (secondary N) is 1. The second-order valence-electron chi connectivity index (χ2n) is 2.19. The molecule has 0 spiro atoms. The van der Waals surface area contributed by atoms with Gasteiger partial charge >= 0.3 is 0 Å². The number of hydrogen-bond donors (Lipinski definition) is 1. The van der Waals surface area contributed by atoms with Crippen LogP contribution in [0.3, 0.4) is 0 Å². The summed E-state index contributed by atoms with van der Waals surface area (Å²) in [7, 11) is 1.67. The number of hydrogen-bond acceptors (Lipinski definition) is 3. The van der Waals surface area contributed by atoms with E-state index in [2.05, 4.69) is 17.5 Å². The van der Waals surface area contributed by atoms with E-state index in [-0.39, 0.29) is 0 Å². The lowest BCUT2D eigenvalue weighted by atomic mass is 10.5. The molecule has 0 aliphatic rings.